The molecule has 0 spiro atoms. The Labute approximate surface area is 84.7 Å². The summed E-state index contributed by atoms with van der Waals surface area (Å²) in [5.41, 5.74) is 0.654. The molecule has 2 aromatic rings. The van der Waals surface area contributed by atoms with Crippen molar-refractivity contribution < 1.29 is 4.92 Å². The zero-order chi connectivity index (χ0) is 10.8. The number of aromatic nitrogens is 1. The molecule has 72 valence electrons. The van der Waals surface area contributed by atoms with Gasteiger partial charge >= 0.3 is 0 Å². The first-order valence-corrected chi connectivity index (χ1v) is 4.15. The molecule has 0 saturated heterocycles. The van der Waals surface area contributed by atoms with Gasteiger partial charge in [0.2, 0.25) is 0 Å². The zero-order valence-corrected chi connectivity index (χ0v) is 7.54. The van der Waals surface area contributed by atoms with Gasteiger partial charge in [0.15, 0.2) is 0 Å². The van der Waals surface area contributed by atoms with Crippen molar-refractivity contribution in [1.29, 1.82) is 5.26 Å². The van der Waals surface area contributed by atoms with E-state index in [4.69, 9.17) is 5.26 Å². The summed E-state index contributed by atoms with van der Waals surface area (Å²) < 4.78 is 0. The van der Waals surface area contributed by atoms with Crippen LogP contribution < -0.4 is 0 Å². The van der Waals surface area contributed by atoms with Crippen LogP contribution in [0.15, 0.2) is 30.5 Å². The Morgan fingerprint density at radius 1 is 1.47 bits per heavy atom. The molecule has 15 heavy (non-hydrogen) atoms. The fourth-order valence-corrected chi connectivity index (χ4v) is 1.35. The highest BCUT2D eigenvalue weighted by molar-refractivity contribution is 5.87. The number of para-hydroxylation sites is 1. The van der Waals surface area contributed by atoms with Gasteiger partial charge in [-0.1, -0.05) is 12.1 Å². The quantitative estimate of drug-likeness (QED) is 0.519. The molecule has 0 N–H and O–H groups in total. The van der Waals surface area contributed by atoms with E-state index in [1.165, 1.54) is 12.3 Å². The molecule has 1 heterocycles. The van der Waals surface area contributed by atoms with Gasteiger partial charge in [0.1, 0.15) is 11.6 Å². The van der Waals surface area contributed by atoms with E-state index in [0.717, 1.165) is 0 Å². The summed E-state index contributed by atoms with van der Waals surface area (Å²) in [7, 11) is 0. The van der Waals surface area contributed by atoms with Gasteiger partial charge in [-0.15, -0.1) is 0 Å². The first-order valence-electron chi connectivity index (χ1n) is 4.15. The van der Waals surface area contributed by atoms with E-state index in [0.29, 0.717) is 16.5 Å². The van der Waals surface area contributed by atoms with E-state index in [9.17, 15) is 10.1 Å². The number of benzene rings is 1. The van der Waals surface area contributed by atoms with Crippen LogP contribution in [0.1, 0.15) is 5.56 Å². The van der Waals surface area contributed by atoms with Crippen molar-refractivity contribution in [2.45, 2.75) is 0 Å². The fourth-order valence-electron chi connectivity index (χ4n) is 1.35. The van der Waals surface area contributed by atoms with Crippen LogP contribution in [0.2, 0.25) is 0 Å². The lowest BCUT2D eigenvalue weighted by atomic mass is 10.1. The number of nitrogens with zero attached hydrogens (tertiary/aromatic N) is 3. The standard InChI is InChI=1S/C10H5N3O2/c11-5-7-4-8-2-1-3-9(13(14)15)10(8)12-6-7/h1-4,6H. The molecule has 0 bridgehead atoms. The summed E-state index contributed by atoms with van der Waals surface area (Å²) >= 11 is 0. The molecule has 1 aromatic heterocycles. The Hall–Kier alpha value is -2.48. The number of fused-ring (bicyclic) bond motifs is 1. The molecule has 0 amide bonds. The van der Waals surface area contributed by atoms with E-state index in [-0.39, 0.29) is 5.69 Å². The summed E-state index contributed by atoms with van der Waals surface area (Å²) in [5.74, 6) is 0. The highest BCUT2D eigenvalue weighted by Crippen LogP contribution is 2.23. The van der Waals surface area contributed by atoms with Crippen molar-refractivity contribution in [2.75, 3.05) is 0 Å². The van der Waals surface area contributed by atoms with E-state index >= 15 is 0 Å². The Morgan fingerprint density at radius 3 is 2.93 bits per heavy atom. The SMILES string of the molecule is N#Cc1cnc2c([N+](=O)[O-])cccc2c1. The molecule has 0 fully saturated rings. The van der Waals surface area contributed by atoms with E-state index < -0.39 is 4.92 Å². The summed E-state index contributed by atoms with van der Waals surface area (Å²) in [6.07, 6.45) is 1.33. The highest BCUT2D eigenvalue weighted by Gasteiger charge is 2.12. The van der Waals surface area contributed by atoms with Crippen molar-refractivity contribution >= 4 is 16.6 Å². The molecule has 0 unspecified atom stereocenters. The second kappa shape index (κ2) is 3.35. The third kappa shape index (κ3) is 1.48. The molecular formula is C10H5N3O2. The average Bonchev–Trinajstić information content (AvgIpc) is 2.27. The van der Waals surface area contributed by atoms with Gasteiger partial charge in [-0.05, 0) is 6.07 Å². The van der Waals surface area contributed by atoms with Crippen LogP contribution in [0.5, 0.6) is 0 Å². The maximum Gasteiger partial charge on any atom is 0.295 e. The molecule has 0 aliphatic rings. The number of rotatable bonds is 1. The van der Waals surface area contributed by atoms with Crippen molar-refractivity contribution in [1.82, 2.24) is 4.98 Å². The number of non-ortho nitro benzene ring substituents is 1. The average molecular weight is 199 g/mol. The Morgan fingerprint density at radius 2 is 2.27 bits per heavy atom. The number of nitriles is 1. The van der Waals surface area contributed by atoms with Crippen LogP contribution in [0.25, 0.3) is 10.9 Å². The third-order valence-electron chi connectivity index (χ3n) is 2.02. The predicted molar refractivity (Wildman–Crippen MR) is 53.1 cm³/mol. The molecule has 0 saturated carbocycles. The van der Waals surface area contributed by atoms with Gasteiger partial charge in [-0.3, -0.25) is 10.1 Å². The van der Waals surface area contributed by atoms with Crippen molar-refractivity contribution in [3.05, 3.63) is 46.1 Å². The molecule has 0 aliphatic heterocycles. The number of hydrogen-bond donors (Lipinski definition) is 0. The van der Waals surface area contributed by atoms with Gasteiger partial charge in [0.25, 0.3) is 5.69 Å². The fraction of sp³-hybridized carbons (Fsp3) is 0. The van der Waals surface area contributed by atoms with Gasteiger partial charge in [-0.25, -0.2) is 4.98 Å². The van der Waals surface area contributed by atoms with Crippen LogP contribution in [-0.4, -0.2) is 9.91 Å². The Kier molecular flexibility index (Phi) is 2.03. The molecular weight excluding hydrogens is 194 g/mol. The van der Waals surface area contributed by atoms with E-state index in [1.54, 1.807) is 18.2 Å². The van der Waals surface area contributed by atoms with Gasteiger partial charge in [0, 0.05) is 17.6 Å². The summed E-state index contributed by atoms with van der Waals surface area (Å²) in [6.45, 7) is 0. The van der Waals surface area contributed by atoms with Crippen LogP contribution in [0.3, 0.4) is 0 Å². The van der Waals surface area contributed by atoms with Crippen LogP contribution in [0, 0.1) is 21.4 Å². The molecule has 5 nitrogen and oxygen atoms in total. The van der Waals surface area contributed by atoms with Crippen molar-refractivity contribution in [3.8, 4) is 6.07 Å². The van der Waals surface area contributed by atoms with Gasteiger partial charge < -0.3 is 0 Å². The van der Waals surface area contributed by atoms with E-state index in [1.807, 2.05) is 6.07 Å². The lowest BCUT2D eigenvalue weighted by Gasteiger charge is -1.97. The lowest BCUT2D eigenvalue weighted by Crippen LogP contribution is -1.91. The first kappa shape index (κ1) is 9.09. The highest BCUT2D eigenvalue weighted by atomic mass is 16.6. The number of nitro benzene ring substituents is 1. The smallest absolute Gasteiger partial charge is 0.258 e. The molecule has 0 aliphatic carbocycles. The lowest BCUT2D eigenvalue weighted by molar-refractivity contribution is -0.383. The first-order chi connectivity index (χ1) is 7.22. The molecule has 0 atom stereocenters. The minimum Gasteiger partial charge on any atom is -0.258 e. The largest absolute Gasteiger partial charge is 0.295 e. The maximum absolute atomic E-state index is 10.7. The minimum absolute atomic E-state index is 0.0445. The van der Waals surface area contributed by atoms with Crippen LogP contribution >= 0.6 is 0 Å². The number of pyridine rings is 1. The Bertz CT molecular complexity index is 587. The molecule has 1 aromatic carbocycles. The van der Waals surface area contributed by atoms with Crippen LogP contribution in [-0.2, 0) is 0 Å². The number of nitro groups is 1. The monoisotopic (exact) mass is 199 g/mol. The summed E-state index contributed by atoms with van der Waals surface area (Å²) in [4.78, 5) is 14.1. The second-order valence-electron chi connectivity index (χ2n) is 2.94. The van der Waals surface area contributed by atoms with Crippen molar-refractivity contribution in [2.24, 2.45) is 0 Å². The predicted octanol–water partition coefficient (Wildman–Crippen LogP) is 2.01. The second-order valence-corrected chi connectivity index (χ2v) is 2.94. The molecule has 5 heteroatoms. The Balaban J connectivity index is 2.79. The third-order valence-corrected chi connectivity index (χ3v) is 2.02. The summed E-state index contributed by atoms with van der Waals surface area (Å²) in [5, 5.41) is 19.9. The van der Waals surface area contributed by atoms with Gasteiger partial charge in [0.05, 0.1) is 10.5 Å². The molecule has 0 radical (unpaired) electrons. The summed E-state index contributed by atoms with van der Waals surface area (Å²) in [6, 6.07) is 8.17. The van der Waals surface area contributed by atoms with Crippen molar-refractivity contribution in [3.63, 3.8) is 0 Å². The minimum atomic E-state index is -0.485. The van der Waals surface area contributed by atoms with Crippen LogP contribution in [0.4, 0.5) is 5.69 Å². The zero-order valence-electron chi connectivity index (χ0n) is 7.54. The maximum atomic E-state index is 10.7. The number of hydrogen-bond acceptors (Lipinski definition) is 4. The molecule has 2 rings (SSSR count). The van der Waals surface area contributed by atoms with Gasteiger partial charge in [-0.2, -0.15) is 5.26 Å². The van der Waals surface area contributed by atoms with E-state index in [2.05, 4.69) is 4.98 Å². The normalized spacial score (nSPS) is 9.80. The topological polar surface area (TPSA) is 79.8 Å².